The molecule has 76 valence electrons. The van der Waals surface area contributed by atoms with Crippen LogP contribution in [0.15, 0.2) is 11.6 Å². The van der Waals surface area contributed by atoms with Crippen LogP contribution in [0.2, 0.25) is 0 Å². The Hall–Kier alpha value is -0.870. The Bertz CT molecular complexity index is 196. The number of carbonyl (C=O) groups is 1. The van der Waals surface area contributed by atoms with E-state index in [1.165, 1.54) is 6.08 Å². The molecule has 2 unspecified atom stereocenters. The standard InChI is InChI=1S/C9H18N2O2/c1-6(2)4-9(13)11-5-8(10)7(3)12/h4,7-8,12H,5,10H2,1-3H3,(H,11,13). The minimum absolute atomic E-state index is 0.170. The van der Waals surface area contributed by atoms with E-state index >= 15 is 0 Å². The molecule has 0 aromatic heterocycles. The summed E-state index contributed by atoms with van der Waals surface area (Å²) in [5.41, 5.74) is 6.44. The van der Waals surface area contributed by atoms with Gasteiger partial charge in [-0.3, -0.25) is 4.79 Å². The van der Waals surface area contributed by atoms with Gasteiger partial charge in [0, 0.05) is 18.7 Å². The van der Waals surface area contributed by atoms with Crippen molar-refractivity contribution in [3.63, 3.8) is 0 Å². The van der Waals surface area contributed by atoms with Gasteiger partial charge in [-0.05, 0) is 20.8 Å². The molecule has 0 aromatic carbocycles. The van der Waals surface area contributed by atoms with Crippen LogP contribution in [0.4, 0.5) is 0 Å². The normalized spacial score (nSPS) is 14.5. The van der Waals surface area contributed by atoms with Crippen molar-refractivity contribution in [1.29, 1.82) is 0 Å². The van der Waals surface area contributed by atoms with Gasteiger partial charge in [-0.1, -0.05) is 5.57 Å². The number of carbonyl (C=O) groups excluding carboxylic acids is 1. The summed E-state index contributed by atoms with van der Waals surface area (Å²) in [6, 6.07) is -0.408. The van der Waals surface area contributed by atoms with Crippen LogP contribution >= 0.6 is 0 Å². The zero-order valence-corrected chi connectivity index (χ0v) is 8.37. The first-order valence-corrected chi connectivity index (χ1v) is 4.30. The van der Waals surface area contributed by atoms with E-state index in [1.807, 2.05) is 13.8 Å². The van der Waals surface area contributed by atoms with Gasteiger partial charge in [-0.15, -0.1) is 0 Å². The van der Waals surface area contributed by atoms with E-state index < -0.39 is 12.1 Å². The third-order valence-corrected chi connectivity index (χ3v) is 1.55. The van der Waals surface area contributed by atoms with Crippen molar-refractivity contribution in [3.8, 4) is 0 Å². The molecule has 2 atom stereocenters. The van der Waals surface area contributed by atoms with Gasteiger partial charge in [0.25, 0.3) is 0 Å². The molecule has 0 radical (unpaired) electrons. The number of hydrogen-bond acceptors (Lipinski definition) is 3. The third kappa shape index (κ3) is 6.31. The van der Waals surface area contributed by atoms with E-state index in [0.29, 0.717) is 6.54 Å². The first-order chi connectivity index (χ1) is 5.93. The SMILES string of the molecule is CC(C)=CC(=O)NCC(N)C(C)O. The van der Waals surface area contributed by atoms with Crippen LogP contribution in [-0.2, 0) is 4.79 Å². The second kappa shape index (κ2) is 5.72. The molecule has 0 aliphatic carbocycles. The van der Waals surface area contributed by atoms with Crippen LogP contribution in [0.1, 0.15) is 20.8 Å². The fourth-order valence-corrected chi connectivity index (χ4v) is 0.702. The van der Waals surface area contributed by atoms with Gasteiger partial charge >= 0.3 is 0 Å². The monoisotopic (exact) mass is 186 g/mol. The molecule has 0 fully saturated rings. The molecule has 4 heteroatoms. The Morgan fingerprint density at radius 2 is 2.15 bits per heavy atom. The van der Waals surface area contributed by atoms with Crippen LogP contribution in [0.3, 0.4) is 0 Å². The lowest BCUT2D eigenvalue weighted by Crippen LogP contribution is -2.43. The molecule has 0 bridgehead atoms. The summed E-state index contributed by atoms with van der Waals surface area (Å²) in [5.74, 6) is -0.170. The summed E-state index contributed by atoms with van der Waals surface area (Å²) >= 11 is 0. The maximum absolute atomic E-state index is 11.1. The fourth-order valence-electron chi connectivity index (χ4n) is 0.702. The Labute approximate surface area is 78.8 Å². The molecule has 0 saturated carbocycles. The van der Waals surface area contributed by atoms with Gasteiger partial charge in [0.1, 0.15) is 0 Å². The molecule has 0 aliphatic rings. The van der Waals surface area contributed by atoms with E-state index in [1.54, 1.807) is 6.92 Å². The number of amides is 1. The van der Waals surface area contributed by atoms with Crippen molar-refractivity contribution in [2.45, 2.75) is 32.9 Å². The van der Waals surface area contributed by atoms with Crippen LogP contribution < -0.4 is 11.1 Å². The summed E-state index contributed by atoms with van der Waals surface area (Å²) in [4.78, 5) is 11.1. The molecule has 1 amide bonds. The van der Waals surface area contributed by atoms with E-state index in [9.17, 15) is 4.79 Å². The number of aliphatic hydroxyl groups is 1. The van der Waals surface area contributed by atoms with Crippen LogP contribution in [0, 0.1) is 0 Å². The highest BCUT2D eigenvalue weighted by Crippen LogP contribution is 1.89. The lowest BCUT2D eigenvalue weighted by molar-refractivity contribution is -0.116. The van der Waals surface area contributed by atoms with Crippen LogP contribution in [0.25, 0.3) is 0 Å². The summed E-state index contributed by atoms with van der Waals surface area (Å²) < 4.78 is 0. The average molecular weight is 186 g/mol. The maximum atomic E-state index is 11.1. The molecule has 0 spiro atoms. The number of allylic oxidation sites excluding steroid dienone is 1. The molecule has 0 aromatic rings. The molecule has 0 heterocycles. The summed E-state index contributed by atoms with van der Waals surface area (Å²) in [6.07, 6.45) is 0.890. The van der Waals surface area contributed by atoms with Crippen molar-refractivity contribution in [2.24, 2.45) is 5.73 Å². The van der Waals surface area contributed by atoms with Crippen molar-refractivity contribution >= 4 is 5.91 Å². The topological polar surface area (TPSA) is 75.4 Å². The number of nitrogens with two attached hydrogens (primary N) is 1. The molecule has 4 N–H and O–H groups in total. The highest BCUT2D eigenvalue weighted by molar-refractivity contribution is 5.88. The molecule has 0 rings (SSSR count). The maximum Gasteiger partial charge on any atom is 0.243 e. The van der Waals surface area contributed by atoms with Gasteiger partial charge in [0.15, 0.2) is 0 Å². The Balaban J connectivity index is 3.77. The second-order valence-electron chi connectivity index (χ2n) is 3.37. The number of rotatable bonds is 4. The second-order valence-corrected chi connectivity index (χ2v) is 3.37. The summed E-state index contributed by atoms with van der Waals surface area (Å²) in [6.45, 7) is 5.57. The highest BCUT2D eigenvalue weighted by atomic mass is 16.3. The van der Waals surface area contributed by atoms with Crippen LogP contribution in [-0.4, -0.2) is 29.7 Å². The van der Waals surface area contributed by atoms with Crippen molar-refractivity contribution in [2.75, 3.05) is 6.54 Å². The molecular weight excluding hydrogens is 168 g/mol. The Morgan fingerprint density at radius 1 is 1.62 bits per heavy atom. The molecular formula is C9H18N2O2. The fraction of sp³-hybridized carbons (Fsp3) is 0.667. The Kier molecular flexibility index (Phi) is 5.34. The lowest BCUT2D eigenvalue weighted by atomic mass is 10.2. The van der Waals surface area contributed by atoms with Crippen molar-refractivity contribution in [3.05, 3.63) is 11.6 Å². The quantitative estimate of drug-likeness (QED) is 0.531. The van der Waals surface area contributed by atoms with Gasteiger partial charge < -0.3 is 16.2 Å². The first-order valence-electron chi connectivity index (χ1n) is 4.30. The van der Waals surface area contributed by atoms with E-state index in [2.05, 4.69) is 5.32 Å². The first kappa shape index (κ1) is 12.1. The minimum Gasteiger partial charge on any atom is -0.392 e. The van der Waals surface area contributed by atoms with Crippen molar-refractivity contribution in [1.82, 2.24) is 5.32 Å². The molecule has 13 heavy (non-hydrogen) atoms. The predicted octanol–water partition coefficient (Wildman–Crippen LogP) is -0.223. The number of aliphatic hydroxyl groups excluding tert-OH is 1. The highest BCUT2D eigenvalue weighted by Gasteiger charge is 2.09. The average Bonchev–Trinajstić information content (AvgIpc) is 1.98. The lowest BCUT2D eigenvalue weighted by Gasteiger charge is -2.14. The smallest absolute Gasteiger partial charge is 0.243 e. The van der Waals surface area contributed by atoms with Gasteiger partial charge in [0.05, 0.1) is 6.10 Å². The number of hydrogen-bond donors (Lipinski definition) is 3. The molecule has 4 nitrogen and oxygen atoms in total. The largest absolute Gasteiger partial charge is 0.392 e. The van der Waals surface area contributed by atoms with Gasteiger partial charge in [-0.2, -0.15) is 0 Å². The van der Waals surface area contributed by atoms with E-state index in [-0.39, 0.29) is 5.91 Å². The minimum atomic E-state index is -0.605. The summed E-state index contributed by atoms with van der Waals surface area (Å²) in [5, 5.41) is 11.6. The van der Waals surface area contributed by atoms with Gasteiger partial charge in [-0.25, -0.2) is 0 Å². The van der Waals surface area contributed by atoms with Crippen molar-refractivity contribution < 1.29 is 9.90 Å². The summed E-state index contributed by atoms with van der Waals surface area (Å²) in [7, 11) is 0. The predicted molar refractivity (Wildman–Crippen MR) is 52.1 cm³/mol. The molecule has 0 aliphatic heterocycles. The van der Waals surface area contributed by atoms with Gasteiger partial charge in [0.2, 0.25) is 5.91 Å². The third-order valence-electron chi connectivity index (χ3n) is 1.55. The number of nitrogens with one attached hydrogen (secondary N) is 1. The Morgan fingerprint density at radius 3 is 2.54 bits per heavy atom. The molecule has 0 saturated heterocycles. The van der Waals surface area contributed by atoms with E-state index in [4.69, 9.17) is 10.8 Å². The zero-order valence-electron chi connectivity index (χ0n) is 8.37. The van der Waals surface area contributed by atoms with E-state index in [0.717, 1.165) is 5.57 Å². The van der Waals surface area contributed by atoms with Crippen LogP contribution in [0.5, 0.6) is 0 Å². The zero-order chi connectivity index (χ0) is 10.4.